The molecule has 1 heterocycles. The zero-order valence-corrected chi connectivity index (χ0v) is 11.0. The highest BCUT2D eigenvalue weighted by Gasteiger charge is 2.18. The number of anilines is 2. The quantitative estimate of drug-likeness (QED) is 0.672. The van der Waals surface area contributed by atoms with E-state index in [2.05, 4.69) is 9.71 Å². The Morgan fingerprint density at radius 2 is 2.00 bits per heavy atom. The fourth-order valence-electron chi connectivity index (χ4n) is 1.44. The first kappa shape index (κ1) is 13.6. The molecule has 100 valence electrons. The van der Waals surface area contributed by atoms with Gasteiger partial charge in [0.2, 0.25) is 0 Å². The van der Waals surface area contributed by atoms with Crippen LogP contribution in [0.5, 0.6) is 0 Å². The smallest absolute Gasteiger partial charge is 0.263 e. The molecule has 2 rings (SSSR count). The van der Waals surface area contributed by atoms with E-state index >= 15 is 0 Å². The number of hydrogen-bond donors (Lipinski definition) is 2. The van der Waals surface area contributed by atoms with Gasteiger partial charge in [-0.1, -0.05) is 11.6 Å². The van der Waals surface area contributed by atoms with E-state index in [1.807, 2.05) is 0 Å². The summed E-state index contributed by atoms with van der Waals surface area (Å²) in [5.41, 5.74) is 5.56. The number of nitrogens with zero attached hydrogens (tertiary/aromatic N) is 1. The lowest BCUT2D eigenvalue weighted by Crippen LogP contribution is -2.15. The van der Waals surface area contributed by atoms with Gasteiger partial charge in [-0.2, -0.15) is 0 Å². The molecular formula is C11H9ClFN3O2S. The number of halogens is 2. The minimum atomic E-state index is -3.91. The normalized spacial score (nSPS) is 11.3. The standard InChI is InChI=1S/C11H9ClFN3O2S/c12-11-6-8(3-4-15-11)16-19(17,18)10-2-1-7(13)5-9(10)14/h1-6H,14H2,(H,15,16). The van der Waals surface area contributed by atoms with E-state index in [9.17, 15) is 12.8 Å². The lowest BCUT2D eigenvalue weighted by molar-refractivity contribution is 0.600. The van der Waals surface area contributed by atoms with Crippen molar-refractivity contribution >= 4 is 33.0 Å². The van der Waals surface area contributed by atoms with Gasteiger partial charge >= 0.3 is 0 Å². The van der Waals surface area contributed by atoms with Crippen molar-refractivity contribution in [2.45, 2.75) is 4.90 Å². The van der Waals surface area contributed by atoms with E-state index in [4.69, 9.17) is 17.3 Å². The minimum Gasteiger partial charge on any atom is -0.398 e. The highest BCUT2D eigenvalue weighted by atomic mass is 35.5. The first-order valence-corrected chi connectivity index (χ1v) is 6.94. The molecule has 5 nitrogen and oxygen atoms in total. The Morgan fingerprint density at radius 1 is 1.26 bits per heavy atom. The van der Waals surface area contributed by atoms with Crippen molar-refractivity contribution in [3.05, 3.63) is 47.5 Å². The van der Waals surface area contributed by atoms with Crippen LogP contribution in [0.4, 0.5) is 15.8 Å². The van der Waals surface area contributed by atoms with Gasteiger partial charge in [0.1, 0.15) is 15.9 Å². The molecule has 0 amide bonds. The molecule has 0 atom stereocenters. The van der Waals surface area contributed by atoms with Crippen molar-refractivity contribution in [2.24, 2.45) is 0 Å². The molecule has 0 unspecified atom stereocenters. The number of benzene rings is 1. The highest BCUT2D eigenvalue weighted by Crippen LogP contribution is 2.22. The number of sulfonamides is 1. The molecule has 0 fully saturated rings. The van der Waals surface area contributed by atoms with Gasteiger partial charge < -0.3 is 5.73 Å². The average molecular weight is 302 g/mol. The zero-order chi connectivity index (χ0) is 14.0. The van der Waals surface area contributed by atoms with E-state index in [-0.39, 0.29) is 21.4 Å². The molecule has 1 aromatic heterocycles. The predicted octanol–water partition coefficient (Wildman–Crippen LogP) is 2.26. The van der Waals surface area contributed by atoms with Gasteiger partial charge in [0.15, 0.2) is 0 Å². The molecule has 0 spiro atoms. The summed E-state index contributed by atoms with van der Waals surface area (Å²) in [4.78, 5) is 3.52. The van der Waals surface area contributed by atoms with Crippen LogP contribution >= 0.6 is 11.6 Å². The Bertz CT molecular complexity index is 722. The van der Waals surface area contributed by atoms with Crippen LogP contribution in [0, 0.1) is 5.82 Å². The molecule has 0 radical (unpaired) electrons. The summed E-state index contributed by atoms with van der Waals surface area (Å²) in [6.07, 6.45) is 1.36. The van der Waals surface area contributed by atoms with E-state index in [1.54, 1.807) is 0 Å². The van der Waals surface area contributed by atoms with E-state index in [1.165, 1.54) is 18.3 Å². The van der Waals surface area contributed by atoms with Crippen molar-refractivity contribution in [2.75, 3.05) is 10.5 Å². The van der Waals surface area contributed by atoms with Crippen LogP contribution in [0.3, 0.4) is 0 Å². The summed E-state index contributed by atoms with van der Waals surface area (Å²) in [6, 6.07) is 5.83. The maximum absolute atomic E-state index is 12.9. The third kappa shape index (κ3) is 3.12. The van der Waals surface area contributed by atoms with Crippen LogP contribution in [0.25, 0.3) is 0 Å². The highest BCUT2D eigenvalue weighted by molar-refractivity contribution is 7.92. The summed E-state index contributed by atoms with van der Waals surface area (Å²) in [5, 5.41) is 0.146. The minimum absolute atomic E-state index is 0.146. The van der Waals surface area contributed by atoms with Crippen LogP contribution in [0.1, 0.15) is 0 Å². The van der Waals surface area contributed by atoms with E-state index < -0.39 is 15.8 Å². The summed E-state index contributed by atoms with van der Waals surface area (Å²) in [5.74, 6) is -0.608. The molecule has 0 saturated heterocycles. The Kier molecular flexibility index (Phi) is 3.59. The monoisotopic (exact) mass is 301 g/mol. The SMILES string of the molecule is Nc1cc(F)ccc1S(=O)(=O)Nc1ccnc(Cl)c1. The third-order valence-electron chi connectivity index (χ3n) is 2.24. The number of pyridine rings is 1. The molecule has 0 aliphatic carbocycles. The Labute approximate surface area is 114 Å². The summed E-state index contributed by atoms with van der Waals surface area (Å²) in [7, 11) is -3.91. The molecule has 0 aliphatic heterocycles. The molecule has 8 heteroatoms. The predicted molar refractivity (Wildman–Crippen MR) is 70.9 cm³/mol. The van der Waals surface area contributed by atoms with Gasteiger partial charge in [0.05, 0.1) is 11.4 Å². The lowest BCUT2D eigenvalue weighted by atomic mass is 10.3. The second-order valence-electron chi connectivity index (χ2n) is 3.65. The summed E-state index contributed by atoms with van der Waals surface area (Å²) in [6.45, 7) is 0. The summed E-state index contributed by atoms with van der Waals surface area (Å²) < 4.78 is 39.3. The maximum atomic E-state index is 12.9. The molecule has 0 bridgehead atoms. The lowest BCUT2D eigenvalue weighted by Gasteiger charge is -2.10. The topological polar surface area (TPSA) is 85.1 Å². The first-order chi connectivity index (χ1) is 8.88. The zero-order valence-electron chi connectivity index (χ0n) is 9.47. The second-order valence-corrected chi connectivity index (χ2v) is 5.69. The summed E-state index contributed by atoms with van der Waals surface area (Å²) >= 11 is 5.65. The number of rotatable bonds is 3. The molecule has 19 heavy (non-hydrogen) atoms. The number of nitrogen functional groups attached to an aromatic ring is 1. The molecule has 2 aromatic rings. The van der Waals surface area contributed by atoms with Crippen molar-refractivity contribution < 1.29 is 12.8 Å². The number of aromatic nitrogens is 1. The molecule has 0 saturated carbocycles. The van der Waals surface area contributed by atoms with E-state index in [0.29, 0.717) is 0 Å². The molecule has 0 aliphatic rings. The third-order valence-corrected chi connectivity index (χ3v) is 3.90. The second kappa shape index (κ2) is 5.02. The van der Waals surface area contributed by atoms with Gasteiger partial charge in [0, 0.05) is 6.20 Å². The molecule has 1 aromatic carbocycles. The fraction of sp³-hybridized carbons (Fsp3) is 0. The van der Waals surface area contributed by atoms with Crippen molar-refractivity contribution in [1.82, 2.24) is 4.98 Å². The average Bonchev–Trinajstić information content (AvgIpc) is 2.27. The van der Waals surface area contributed by atoms with Gasteiger partial charge in [-0.3, -0.25) is 4.72 Å². The Morgan fingerprint density at radius 3 is 2.63 bits per heavy atom. The molecular weight excluding hydrogens is 293 g/mol. The van der Waals surface area contributed by atoms with Crippen molar-refractivity contribution in [1.29, 1.82) is 0 Å². The Balaban J connectivity index is 2.38. The number of nitrogens with two attached hydrogens (primary N) is 1. The van der Waals surface area contributed by atoms with Crippen LogP contribution in [0.15, 0.2) is 41.4 Å². The maximum Gasteiger partial charge on any atom is 0.263 e. The van der Waals surface area contributed by atoms with Gasteiger partial charge in [0.25, 0.3) is 10.0 Å². The van der Waals surface area contributed by atoms with Gasteiger partial charge in [-0.05, 0) is 30.3 Å². The van der Waals surface area contributed by atoms with Crippen molar-refractivity contribution in [3.63, 3.8) is 0 Å². The largest absolute Gasteiger partial charge is 0.398 e. The van der Waals surface area contributed by atoms with Crippen molar-refractivity contribution in [3.8, 4) is 0 Å². The number of hydrogen-bond acceptors (Lipinski definition) is 4. The van der Waals surface area contributed by atoms with Gasteiger partial charge in [-0.25, -0.2) is 17.8 Å². The van der Waals surface area contributed by atoms with Crippen LogP contribution < -0.4 is 10.5 Å². The molecule has 3 N–H and O–H groups in total. The number of nitrogens with one attached hydrogen (secondary N) is 1. The first-order valence-electron chi connectivity index (χ1n) is 5.08. The Hall–Kier alpha value is -1.86. The van der Waals surface area contributed by atoms with E-state index in [0.717, 1.165) is 18.2 Å². The van der Waals surface area contributed by atoms with Crippen LogP contribution in [-0.2, 0) is 10.0 Å². The van der Waals surface area contributed by atoms with Crippen LogP contribution in [0.2, 0.25) is 5.15 Å². The fourth-order valence-corrected chi connectivity index (χ4v) is 2.78. The van der Waals surface area contributed by atoms with Gasteiger partial charge in [-0.15, -0.1) is 0 Å². The van der Waals surface area contributed by atoms with Crippen LogP contribution in [-0.4, -0.2) is 13.4 Å².